The molecule has 23 heavy (non-hydrogen) atoms. The maximum absolute atomic E-state index is 12.9. The van der Waals surface area contributed by atoms with Crippen molar-refractivity contribution in [2.75, 3.05) is 26.4 Å². The smallest absolute Gasteiger partial charge is 0.230 e. The van der Waals surface area contributed by atoms with Gasteiger partial charge in [0, 0.05) is 30.2 Å². The van der Waals surface area contributed by atoms with Crippen molar-refractivity contribution in [2.24, 2.45) is 5.41 Å². The van der Waals surface area contributed by atoms with E-state index in [1.54, 1.807) is 0 Å². The molecule has 2 fully saturated rings. The van der Waals surface area contributed by atoms with Crippen LogP contribution < -0.4 is 5.32 Å². The number of aliphatic hydroxyl groups is 1. The maximum Gasteiger partial charge on any atom is 0.230 e. The lowest BCUT2D eigenvalue weighted by Crippen LogP contribution is -2.53. The van der Waals surface area contributed by atoms with Crippen LogP contribution in [0.5, 0.6) is 0 Å². The average molecular weight is 338 g/mol. The Morgan fingerprint density at radius 1 is 1.26 bits per heavy atom. The highest BCUT2D eigenvalue weighted by atomic mass is 35.5. The lowest BCUT2D eigenvalue weighted by molar-refractivity contribution is -0.131. The predicted octanol–water partition coefficient (Wildman–Crippen LogP) is 2.67. The number of hydrogen-bond donors (Lipinski definition) is 2. The van der Waals surface area contributed by atoms with Crippen molar-refractivity contribution in [3.8, 4) is 0 Å². The summed E-state index contributed by atoms with van der Waals surface area (Å²) in [4.78, 5) is 12.9. The van der Waals surface area contributed by atoms with Crippen molar-refractivity contribution in [3.63, 3.8) is 0 Å². The fraction of sp³-hybridized carbons (Fsp3) is 0.611. The highest BCUT2D eigenvalue weighted by molar-refractivity contribution is 6.30. The molecule has 0 aromatic heterocycles. The van der Waals surface area contributed by atoms with Gasteiger partial charge in [0.15, 0.2) is 0 Å². The third-order valence-electron chi connectivity index (χ3n) is 5.53. The number of hydrogen-bond acceptors (Lipinski definition) is 3. The normalized spacial score (nSPS) is 22.2. The van der Waals surface area contributed by atoms with Gasteiger partial charge in [-0.25, -0.2) is 0 Å². The van der Waals surface area contributed by atoms with E-state index in [0.29, 0.717) is 24.8 Å². The fourth-order valence-electron chi connectivity index (χ4n) is 3.60. The Kier molecular flexibility index (Phi) is 4.95. The molecule has 1 heterocycles. The highest BCUT2D eigenvalue weighted by Gasteiger charge is 2.46. The van der Waals surface area contributed by atoms with Crippen molar-refractivity contribution in [3.05, 3.63) is 34.9 Å². The van der Waals surface area contributed by atoms with Crippen LogP contribution in [0.3, 0.4) is 0 Å². The summed E-state index contributed by atoms with van der Waals surface area (Å²) < 4.78 is 5.38. The van der Waals surface area contributed by atoms with Gasteiger partial charge in [0.1, 0.15) is 0 Å². The minimum absolute atomic E-state index is 0.0605. The van der Waals surface area contributed by atoms with Crippen LogP contribution in [-0.2, 0) is 14.9 Å². The van der Waals surface area contributed by atoms with Gasteiger partial charge in [0.25, 0.3) is 0 Å². The van der Waals surface area contributed by atoms with Crippen LogP contribution in [0.15, 0.2) is 24.3 Å². The lowest BCUT2D eigenvalue weighted by Gasteiger charge is -2.42. The number of carbonyl (C=O) groups excluding carboxylic acids is 1. The Bertz CT molecular complexity index is 565. The van der Waals surface area contributed by atoms with E-state index in [2.05, 4.69) is 5.32 Å². The van der Waals surface area contributed by atoms with Gasteiger partial charge >= 0.3 is 0 Å². The molecule has 0 spiro atoms. The molecule has 0 radical (unpaired) electrons. The topological polar surface area (TPSA) is 58.6 Å². The second kappa shape index (κ2) is 6.80. The number of ether oxygens (including phenoxy) is 1. The van der Waals surface area contributed by atoms with Crippen LogP contribution in [0.4, 0.5) is 0 Å². The molecule has 1 aliphatic carbocycles. The van der Waals surface area contributed by atoms with Crippen molar-refractivity contribution >= 4 is 17.5 Å². The third kappa shape index (κ3) is 3.25. The summed E-state index contributed by atoms with van der Waals surface area (Å²) in [6.07, 6.45) is 4.34. The predicted molar refractivity (Wildman–Crippen MR) is 89.6 cm³/mol. The Morgan fingerprint density at radius 3 is 2.57 bits per heavy atom. The van der Waals surface area contributed by atoms with Gasteiger partial charge in [-0.1, -0.05) is 30.2 Å². The van der Waals surface area contributed by atoms with Gasteiger partial charge in [0.05, 0.1) is 12.0 Å². The zero-order valence-corrected chi connectivity index (χ0v) is 14.1. The maximum atomic E-state index is 12.9. The fourth-order valence-corrected chi connectivity index (χ4v) is 3.79. The number of benzene rings is 1. The second-order valence-electron chi connectivity index (χ2n) is 6.90. The second-order valence-corrected chi connectivity index (χ2v) is 7.34. The quantitative estimate of drug-likeness (QED) is 0.868. The Balaban J connectivity index is 1.71. The van der Waals surface area contributed by atoms with E-state index in [-0.39, 0.29) is 17.9 Å². The molecule has 3 rings (SSSR count). The van der Waals surface area contributed by atoms with E-state index in [1.807, 2.05) is 24.3 Å². The highest BCUT2D eigenvalue weighted by Crippen LogP contribution is 2.44. The first kappa shape index (κ1) is 16.7. The van der Waals surface area contributed by atoms with E-state index in [0.717, 1.165) is 37.7 Å². The molecular weight excluding hydrogens is 314 g/mol. The molecule has 4 nitrogen and oxygen atoms in total. The first-order valence-electron chi connectivity index (χ1n) is 8.33. The monoisotopic (exact) mass is 337 g/mol. The van der Waals surface area contributed by atoms with Crippen LogP contribution in [0, 0.1) is 5.41 Å². The minimum atomic E-state index is -0.452. The summed E-state index contributed by atoms with van der Waals surface area (Å²) in [5.74, 6) is 0.0605. The lowest BCUT2D eigenvalue weighted by atomic mass is 9.63. The summed E-state index contributed by atoms with van der Waals surface area (Å²) in [7, 11) is 0. The van der Waals surface area contributed by atoms with Gasteiger partial charge < -0.3 is 15.2 Å². The van der Waals surface area contributed by atoms with Crippen LogP contribution in [-0.4, -0.2) is 37.4 Å². The molecule has 0 bridgehead atoms. The molecule has 1 saturated heterocycles. The van der Waals surface area contributed by atoms with Gasteiger partial charge in [-0.05, 0) is 43.4 Å². The van der Waals surface area contributed by atoms with E-state index in [4.69, 9.17) is 16.3 Å². The van der Waals surface area contributed by atoms with Crippen molar-refractivity contribution < 1.29 is 14.6 Å². The molecular formula is C18H24ClNO3. The molecule has 1 saturated carbocycles. The molecule has 1 aromatic rings. The molecule has 5 heteroatoms. The summed E-state index contributed by atoms with van der Waals surface area (Å²) in [5, 5.41) is 13.5. The number of rotatable bonds is 5. The molecule has 1 aromatic carbocycles. The largest absolute Gasteiger partial charge is 0.396 e. The minimum Gasteiger partial charge on any atom is -0.396 e. The Morgan fingerprint density at radius 2 is 2.00 bits per heavy atom. The standard InChI is InChI=1S/C18H24ClNO3/c19-15-4-1-3-14(11-15)18(5-2-6-18)16(22)20-12-17(13-21)7-9-23-10-8-17/h1,3-4,11,21H,2,5-10,12-13H2,(H,20,22). The van der Waals surface area contributed by atoms with E-state index in [9.17, 15) is 9.90 Å². The molecule has 2 aliphatic rings. The van der Waals surface area contributed by atoms with Crippen LogP contribution in [0.2, 0.25) is 5.02 Å². The molecule has 1 amide bonds. The molecule has 2 N–H and O–H groups in total. The van der Waals surface area contributed by atoms with Crippen molar-refractivity contribution in [1.29, 1.82) is 0 Å². The van der Waals surface area contributed by atoms with Crippen LogP contribution in [0.1, 0.15) is 37.7 Å². The summed E-state index contributed by atoms with van der Waals surface area (Å²) in [6.45, 7) is 1.89. The van der Waals surface area contributed by atoms with Crippen molar-refractivity contribution in [1.82, 2.24) is 5.32 Å². The molecule has 1 aliphatic heterocycles. The van der Waals surface area contributed by atoms with Gasteiger partial charge in [0.2, 0.25) is 5.91 Å². The number of halogens is 1. The van der Waals surface area contributed by atoms with Gasteiger partial charge in [-0.15, -0.1) is 0 Å². The Labute approximate surface area is 142 Å². The van der Waals surface area contributed by atoms with E-state index < -0.39 is 5.41 Å². The van der Waals surface area contributed by atoms with Crippen LogP contribution in [0.25, 0.3) is 0 Å². The number of carbonyl (C=O) groups is 1. The zero-order chi connectivity index (χ0) is 16.3. The number of aliphatic hydroxyl groups excluding tert-OH is 1. The first-order valence-corrected chi connectivity index (χ1v) is 8.71. The number of amides is 1. The van der Waals surface area contributed by atoms with Crippen molar-refractivity contribution in [2.45, 2.75) is 37.5 Å². The summed E-state index contributed by atoms with van der Waals surface area (Å²) in [5.41, 5.74) is 0.304. The van der Waals surface area contributed by atoms with E-state index >= 15 is 0 Å². The third-order valence-corrected chi connectivity index (χ3v) is 5.77. The Hall–Kier alpha value is -1.10. The van der Waals surface area contributed by atoms with Gasteiger partial charge in [-0.3, -0.25) is 4.79 Å². The average Bonchev–Trinajstić information content (AvgIpc) is 2.53. The van der Waals surface area contributed by atoms with Gasteiger partial charge in [-0.2, -0.15) is 0 Å². The zero-order valence-electron chi connectivity index (χ0n) is 13.3. The molecule has 0 unspecified atom stereocenters. The summed E-state index contributed by atoms with van der Waals surface area (Å²) >= 11 is 6.10. The SMILES string of the molecule is O=C(NCC1(CO)CCOCC1)C1(c2cccc(Cl)c2)CCC1. The van der Waals surface area contributed by atoms with E-state index in [1.165, 1.54) is 0 Å². The molecule has 0 atom stereocenters. The van der Waals surface area contributed by atoms with Crippen LogP contribution >= 0.6 is 11.6 Å². The summed E-state index contributed by atoms with van der Waals surface area (Å²) in [6, 6.07) is 7.62. The molecule has 126 valence electrons. The number of nitrogens with one attached hydrogen (secondary N) is 1. The first-order chi connectivity index (χ1) is 11.1.